The topological polar surface area (TPSA) is 69.8 Å². The van der Waals surface area contributed by atoms with Crippen LogP contribution in [0.4, 0.5) is 6.01 Å². The van der Waals surface area contributed by atoms with Crippen LogP contribution < -0.4 is 4.90 Å². The molecule has 1 saturated heterocycles. The Labute approximate surface area is 168 Å². The normalized spacial score (nSPS) is 15.3. The van der Waals surface area contributed by atoms with Crippen LogP contribution in [0.3, 0.4) is 0 Å². The molecule has 1 aromatic heterocycles. The summed E-state index contributed by atoms with van der Waals surface area (Å²) in [4.78, 5) is 20.1. The number of fused-ring (bicyclic) bond motifs is 1. The van der Waals surface area contributed by atoms with E-state index < -0.39 is 5.97 Å². The molecule has 7 heteroatoms. The number of aryl methyl sites for hydroxylation is 1. The number of rotatable bonds is 5. The first-order chi connectivity index (χ1) is 13.5. The number of hydrogen-bond acceptors (Lipinski definition) is 5. The minimum atomic E-state index is -0.801. The number of anilines is 1. The van der Waals surface area contributed by atoms with E-state index in [4.69, 9.17) is 21.1 Å². The van der Waals surface area contributed by atoms with E-state index >= 15 is 0 Å². The summed E-state index contributed by atoms with van der Waals surface area (Å²) in [7, 11) is 0. The molecule has 6 nitrogen and oxygen atoms in total. The van der Waals surface area contributed by atoms with Crippen molar-refractivity contribution in [3.8, 4) is 0 Å². The van der Waals surface area contributed by atoms with Gasteiger partial charge in [0.15, 0.2) is 5.58 Å². The molecule has 0 atom stereocenters. The number of oxazole rings is 1. The summed E-state index contributed by atoms with van der Waals surface area (Å²) in [5.74, 6) is -0.801. The van der Waals surface area contributed by atoms with Crippen molar-refractivity contribution < 1.29 is 14.3 Å². The predicted molar refractivity (Wildman–Crippen MR) is 109 cm³/mol. The maximum Gasteiger partial charge on any atom is 0.307 e. The van der Waals surface area contributed by atoms with Gasteiger partial charge in [-0.15, -0.1) is 0 Å². The van der Waals surface area contributed by atoms with Gasteiger partial charge in [0.2, 0.25) is 0 Å². The van der Waals surface area contributed by atoms with Crippen LogP contribution in [-0.2, 0) is 17.8 Å². The Morgan fingerprint density at radius 2 is 1.89 bits per heavy atom. The van der Waals surface area contributed by atoms with Gasteiger partial charge in [0.05, 0.1) is 6.42 Å². The second-order valence-electron chi connectivity index (χ2n) is 7.27. The summed E-state index contributed by atoms with van der Waals surface area (Å²) in [6.07, 6.45) is 0.0597. The third-order valence-electron chi connectivity index (χ3n) is 4.94. The van der Waals surface area contributed by atoms with Gasteiger partial charge in [-0.3, -0.25) is 9.69 Å². The van der Waals surface area contributed by atoms with Gasteiger partial charge in [-0.2, -0.15) is 4.98 Å². The smallest absolute Gasteiger partial charge is 0.307 e. The van der Waals surface area contributed by atoms with Gasteiger partial charge in [0.25, 0.3) is 6.01 Å². The molecule has 28 heavy (non-hydrogen) atoms. The first-order valence-corrected chi connectivity index (χ1v) is 9.69. The molecule has 1 N–H and O–H groups in total. The van der Waals surface area contributed by atoms with Crippen molar-refractivity contribution in [1.29, 1.82) is 0 Å². The lowest BCUT2D eigenvalue weighted by atomic mass is 10.0. The highest BCUT2D eigenvalue weighted by Gasteiger charge is 2.21. The number of halogens is 1. The number of hydrogen-bond donors (Lipinski definition) is 1. The van der Waals surface area contributed by atoms with E-state index in [0.717, 1.165) is 54.9 Å². The maximum atomic E-state index is 11.0. The van der Waals surface area contributed by atoms with Gasteiger partial charge >= 0.3 is 5.97 Å². The molecule has 2 aromatic carbocycles. The molecule has 0 radical (unpaired) electrons. The summed E-state index contributed by atoms with van der Waals surface area (Å²) in [6, 6.07) is 12.2. The fourth-order valence-electron chi connectivity index (χ4n) is 3.69. The zero-order valence-corrected chi connectivity index (χ0v) is 16.4. The average Bonchev–Trinajstić information content (AvgIpc) is 3.04. The van der Waals surface area contributed by atoms with Gasteiger partial charge < -0.3 is 14.4 Å². The van der Waals surface area contributed by atoms with Gasteiger partial charge in [0, 0.05) is 43.8 Å². The molecular weight excluding hydrogens is 378 g/mol. The van der Waals surface area contributed by atoms with Crippen molar-refractivity contribution in [1.82, 2.24) is 9.88 Å². The van der Waals surface area contributed by atoms with Gasteiger partial charge in [-0.1, -0.05) is 35.4 Å². The lowest BCUT2D eigenvalue weighted by Crippen LogP contribution is -2.46. The van der Waals surface area contributed by atoms with Crippen LogP contribution >= 0.6 is 11.6 Å². The fraction of sp³-hybridized carbons (Fsp3) is 0.333. The van der Waals surface area contributed by atoms with Crippen LogP contribution in [0.1, 0.15) is 16.7 Å². The highest BCUT2D eigenvalue weighted by atomic mass is 35.5. The maximum absolute atomic E-state index is 11.0. The Kier molecular flexibility index (Phi) is 5.24. The Hall–Kier alpha value is -2.57. The lowest BCUT2D eigenvalue weighted by molar-refractivity contribution is -0.136. The molecule has 0 unspecified atom stereocenters. The largest absolute Gasteiger partial charge is 0.481 e. The lowest BCUT2D eigenvalue weighted by Gasteiger charge is -2.33. The third-order valence-corrected chi connectivity index (χ3v) is 5.18. The second kappa shape index (κ2) is 7.81. The van der Waals surface area contributed by atoms with Crippen LogP contribution in [-0.4, -0.2) is 47.1 Å². The number of carboxylic acids is 1. The van der Waals surface area contributed by atoms with Gasteiger partial charge in [-0.05, 0) is 30.2 Å². The van der Waals surface area contributed by atoms with Crippen LogP contribution in [0.2, 0.25) is 5.02 Å². The average molecular weight is 400 g/mol. The molecule has 0 amide bonds. The number of carbonyl (C=O) groups is 1. The molecule has 146 valence electrons. The predicted octanol–water partition coefficient (Wildman–Crippen LogP) is 3.74. The summed E-state index contributed by atoms with van der Waals surface area (Å²) >= 11 is 6.02. The van der Waals surface area contributed by atoms with Crippen molar-refractivity contribution in [2.24, 2.45) is 0 Å². The number of carboxylic acid groups (broad SMARTS) is 1. The molecule has 3 aromatic rings. The van der Waals surface area contributed by atoms with Crippen molar-refractivity contribution in [2.75, 3.05) is 31.1 Å². The summed E-state index contributed by atoms with van der Waals surface area (Å²) in [5.41, 5.74) is 4.62. The van der Waals surface area contributed by atoms with Crippen LogP contribution in [0.25, 0.3) is 11.1 Å². The highest BCUT2D eigenvalue weighted by Crippen LogP contribution is 2.25. The van der Waals surface area contributed by atoms with E-state index in [1.54, 1.807) is 6.07 Å². The standard InChI is InChI=1S/C21H22ClN3O3/c1-14-8-15(11-20(26)27)10-16(9-14)13-24-4-6-25(7-5-24)21-23-18-3-2-17(22)12-19(18)28-21/h2-3,8-10,12H,4-7,11,13H2,1H3,(H,26,27). The zero-order valence-electron chi connectivity index (χ0n) is 15.7. The van der Waals surface area contributed by atoms with Crippen molar-refractivity contribution >= 4 is 34.7 Å². The SMILES string of the molecule is Cc1cc(CC(=O)O)cc(CN2CCN(c3nc4ccc(Cl)cc4o3)CC2)c1. The monoisotopic (exact) mass is 399 g/mol. The molecular formula is C21H22ClN3O3. The molecule has 0 bridgehead atoms. The van der Waals surface area contributed by atoms with Crippen molar-refractivity contribution in [3.63, 3.8) is 0 Å². The minimum absolute atomic E-state index is 0.0597. The van der Waals surface area contributed by atoms with Crippen molar-refractivity contribution in [3.05, 3.63) is 58.1 Å². The molecule has 0 saturated carbocycles. The third kappa shape index (κ3) is 4.29. The second-order valence-corrected chi connectivity index (χ2v) is 7.71. The van der Waals surface area contributed by atoms with E-state index in [1.165, 1.54) is 0 Å². The van der Waals surface area contributed by atoms with E-state index in [9.17, 15) is 4.79 Å². The molecule has 1 aliphatic heterocycles. The number of aliphatic carboxylic acids is 1. The van der Waals surface area contributed by atoms with E-state index in [1.807, 2.05) is 31.2 Å². The molecule has 0 spiro atoms. The zero-order chi connectivity index (χ0) is 19.7. The quantitative estimate of drug-likeness (QED) is 0.704. The first kappa shape index (κ1) is 18.8. The minimum Gasteiger partial charge on any atom is -0.481 e. The van der Waals surface area contributed by atoms with E-state index in [2.05, 4.69) is 20.9 Å². The number of benzene rings is 2. The van der Waals surface area contributed by atoms with Gasteiger partial charge in [-0.25, -0.2) is 0 Å². The highest BCUT2D eigenvalue weighted by molar-refractivity contribution is 6.31. The van der Waals surface area contributed by atoms with Crippen LogP contribution in [0.5, 0.6) is 0 Å². The number of piperazine rings is 1. The molecule has 1 fully saturated rings. The summed E-state index contributed by atoms with van der Waals surface area (Å²) < 4.78 is 5.87. The van der Waals surface area contributed by atoms with Crippen LogP contribution in [0.15, 0.2) is 40.8 Å². The summed E-state index contributed by atoms with van der Waals surface area (Å²) in [5, 5.41) is 9.68. The molecule has 4 rings (SSSR count). The number of aromatic nitrogens is 1. The Balaban J connectivity index is 1.40. The Morgan fingerprint density at radius 3 is 2.64 bits per heavy atom. The van der Waals surface area contributed by atoms with Gasteiger partial charge in [0.1, 0.15) is 5.52 Å². The van der Waals surface area contributed by atoms with Crippen molar-refractivity contribution in [2.45, 2.75) is 19.9 Å². The molecule has 1 aliphatic rings. The summed E-state index contributed by atoms with van der Waals surface area (Å²) in [6.45, 7) is 6.25. The van der Waals surface area contributed by atoms with Crippen LogP contribution in [0, 0.1) is 6.92 Å². The Morgan fingerprint density at radius 1 is 1.14 bits per heavy atom. The fourth-order valence-corrected chi connectivity index (χ4v) is 3.86. The number of nitrogens with zero attached hydrogens (tertiary/aromatic N) is 3. The molecule has 2 heterocycles. The molecule has 0 aliphatic carbocycles. The first-order valence-electron chi connectivity index (χ1n) is 9.31. The Bertz CT molecular complexity index is 1010. The van der Waals surface area contributed by atoms with E-state index in [-0.39, 0.29) is 6.42 Å². The van der Waals surface area contributed by atoms with E-state index in [0.29, 0.717) is 16.6 Å².